The van der Waals surface area contributed by atoms with Crippen LogP contribution in [0.3, 0.4) is 0 Å². The molecule has 5 aromatic heterocycles. The first-order valence-electron chi connectivity index (χ1n) is 17.0. The van der Waals surface area contributed by atoms with Gasteiger partial charge < -0.3 is 16.6 Å². The van der Waals surface area contributed by atoms with Crippen molar-refractivity contribution in [2.45, 2.75) is 29.6 Å². The zero-order chi connectivity index (χ0) is 39.6. The van der Waals surface area contributed by atoms with E-state index in [0.717, 1.165) is 34.4 Å². The number of aryl methyl sites for hydroxylation is 2. The van der Waals surface area contributed by atoms with Gasteiger partial charge in [0.05, 0.1) is 17.1 Å². The van der Waals surface area contributed by atoms with Crippen LogP contribution in [0.15, 0.2) is 144 Å². The number of thioether (sulfide) groups is 1. The Labute approximate surface area is 325 Å². The quantitative estimate of drug-likeness (QED) is 0.151. The number of pyridine rings is 3. The van der Waals surface area contributed by atoms with E-state index >= 15 is 0 Å². The van der Waals surface area contributed by atoms with Crippen LogP contribution in [-0.4, -0.2) is 101 Å². The molecule has 16 nitrogen and oxygen atoms in total. The van der Waals surface area contributed by atoms with Crippen LogP contribution in [0.25, 0.3) is 11.4 Å². The number of hydrogen-bond acceptors (Lipinski definition) is 15. The molecule has 0 unspecified atom stereocenters. The van der Waals surface area contributed by atoms with Gasteiger partial charge in [0.25, 0.3) is 5.16 Å². The minimum atomic E-state index is -3.61. The minimum Gasteiger partial charge on any atom is -0.396 e. The molecule has 0 atom stereocenters. The third-order valence-electron chi connectivity index (χ3n) is 6.92. The first-order chi connectivity index (χ1) is 27.0. The summed E-state index contributed by atoms with van der Waals surface area (Å²) in [5.41, 5.74) is 13.3. The van der Waals surface area contributed by atoms with Gasteiger partial charge >= 0.3 is 0 Å². The fourth-order valence-electron chi connectivity index (χ4n) is 4.43. The molecule has 55 heavy (non-hydrogen) atoms. The highest BCUT2D eigenvalue weighted by Gasteiger charge is 2.23. The molecule has 0 saturated carbocycles. The number of benzene rings is 2. The number of aromatic nitrogens is 11. The van der Waals surface area contributed by atoms with Crippen molar-refractivity contribution in [3.63, 3.8) is 0 Å². The fraction of sp³-hybridized carbons (Fsp3) is 0.216. The summed E-state index contributed by atoms with van der Waals surface area (Å²) in [7, 11) is -0.607. The summed E-state index contributed by atoms with van der Waals surface area (Å²) < 4.78 is 27.9. The van der Waals surface area contributed by atoms with Crippen LogP contribution in [0.5, 0.6) is 0 Å². The topological polar surface area (TPSA) is 232 Å². The number of rotatable bonds is 12. The molecule has 0 aliphatic carbocycles. The molecule has 5 heterocycles. The number of tetrazole rings is 2. The van der Waals surface area contributed by atoms with E-state index in [1.807, 2.05) is 85.1 Å². The lowest BCUT2D eigenvalue weighted by Gasteiger charge is -2.05. The lowest BCUT2D eigenvalue weighted by atomic mass is 10.3. The monoisotopic (exact) mass is 783 g/mol. The second kappa shape index (κ2) is 25.3. The molecule has 18 heteroatoms. The molecular weight excluding hydrogens is 739 g/mol. The van der Waals surface area contributed by atoms with Crippen LogP contribution in [0.4, 0.5) is 0 Å². The summed E-state index contributed by atoms with van der Waals surface area (Å²) in [6, 6.07) is 35.8. The minimum absolute atomic E-state index is 0.1000. The molecule has 0 amide bonds. The summed E-state index contributed by atoms with van der Waals surface area (Å²) in [5.74, 6) is 0.793. The van der Waals surface area contributed by atoms with Crippen molar-refractivity contribution in [3.8, 4) is 11.4 Å². The molecule has 0 bridgehead atoms. The van der Waals surface area contributed by atoms with E-state index in [4.69, 9.17) is 5.11 Å². The summed E-state index contributed by atoms with van der Waals surface area (Å²) in [6.45, 7) is 0.178. The van der Waals surface area contributed by atoms with Gasteiger partial charge in [-0.3, -0.25) is 15.0 Å². The third kappa shape index (κ3) is 14.9. The molecule has 0 aliphatic heterocycles. The van der Waals surface area contributed by atoms with Crippen molar-refractivity contribution in [1.82, 2.24) is 55.4 Å². The summed E-state index contributed by atoms with van der Waals surface area (Å²) >= 11 is 1.63. The highest BCUT2D eigenvalue weighted by Crippen LogP contribution is 2.19. The lowest BCUT2D eigenvalue weighted by molar-refractivity contribution is 0.298. The van der Waals surface area contributed by atoms with Crippen molar-refractivity contribution in [1.29, 1.82) is 0 Å². The Kier molecular flexibility index (Phi) is 20.0. The maximum Gasteiger partial charge on any atom is 0.272 e. The first kappa shape index (κ1) is 43.6. The number of sulfone groups is 1. The van der Waals surface area contributed by atoms with Gasteiger partial charge in [0.15, 0.2) is 0 Å². The van der Waals surface area contributed by atoms with Crippen LogP contribution in [-0.2, 0) is 29.1 Å². The first-order valence-corrected chi connectivity index (χ1v) is 19.7. The van der Waals surface area contributed by atoms with Gasteiger partial charge in [-0.1, -0.05) is 71.5 Å². The Balaban J connectivity index is 0.000000226. The summed E-state index contributed by atoms with van der Waals surface area (Å²) in [5, 5.41) is 31.9. The number of nitrogens with zero attached hydrogens (tertiary/aromatic N) is 11. The normalized spacial score (nSPS) is 10.2. The number of nitrogens with two attached hydrogens (primary N) is 2. The van der Waals surface area contributed by atoms with Crippen LogP contribution < -0.4 is 11.5 Å². The van der Waals surface area contributed by atoms with E-state index in [-0.39, 0.29) is 17.5 Å². The van der Waals surface area contributed by atoms with Gasteiger partial charge in [-0.15, -0.1) is 5.10 Å². The second-order valence-electron chi connectivity index (χ2n) is 10.5. The van der Waals surface area contributed by atoms with Gasteiger partial charge in [0.2, 0.25) is 15.0 Å². The number of para-hydroxylation sites is 2. The molecule has 288 valence electrons. The zero-order valence-corrected chi connectivity index (χ0v) is 32.2. The largest absolute Gasteiger partial charge is 0.396 e. The summed E-state index contributed by atoms with van der Waals surface area (Å²) in [4.78, 5) is 12.4. The van der Waals surface area contributed by atoms with Crippen molar-refractivity contribution < 1.29 is 13.5 Å². The zero-order valence-electron chi connectivity index (χ0n) is 30.6. The second-order valence-corrected chi connectivity index (χ2v) is 13.6. The Morgan fingerprint density at radius 2 is 1.04 bits per heavy atom. The Bertz CT molecular complexity index is 2110. The van der Waals surface area contributed by atoms with Gasteiger partial charge in [0, 0.05) is 60.9 Å². The highest BCUT2D eigenvalue weighted by atomic mass is 32.2. The van der Waals surface area contributed by atoms with E-state index in [1.165, 1.54) is 18.8 Å². The van der Waals surface area contributed by atoms with E-state index < -0.39 is 9.84 Å². The van der Waals surface area contributed by atoms with Crippen LogP contribution in [0.2, 0.25) is 0 Å². The van der Waals surface area contributed by atoms with Crippen molar-refractivity contribution in [2.75, 3.05) is 32.2 Å². The molecular formula is C37H45N13O3S2. The number of aliphatic hydroxyl groups excluding tert-OH is 1. The lowest BCUT2D eigenvalue weighted by Crippen LogP contribution is -2.16. The molecule has 0 spiro atoms. The maximum atomic E-state index is 12.5. The molecule has 2 aromatic carbocycles. The SMILES string of the molecule is CN.CN.O=S(=O)(CCc1ccccn1)c1nnnn1-c1ccccc1.OCCc1ccccn1.c1ccc(-n2nnnc2SCCc2ccccn2)cc1. The molecule has 0 saturated heterocycles. The van der Waals surface area contributed by atoms with Crippen LogP contribution in [0, 0.1) is 0 Å². The Hall–Kier alpha value is -5.79. The van der Waals surface area contributed by atoms with Crippen LogP contribution in [0.1, 0.15) is 17.1 Å². The predicted molar refractivity (Wildman–Crippen MR) is 212 cm³/mol. The maximum absolute atomic E-state index is 12.5. The van der Waals surface area contributed by atoms with Crippen molar-refractivity contribution in [2.24, 2.45) is 11.5 Å². The van der Waals surface area contributed by atoms with E-state index in [9.17, 15) is 8.42 Å². The van der Waals surface area contributed by atoms with Gasteiger partial charge in [-0.25, -0.2) is 8.42 Å². The average Bonchev–Trinajstić information content (AvgIpc) is 3.96. The molecule has 0 fully saturated rings. The van der Waals surface area contributed by atoms with E-state index in [2.05, 4.69) is 57.5 Å². The highest BCUT2D eigenvalue weighted by molar-refractivity contribution is 7.99. The summed E-state index contributed by atoms with van der Waals surface area (Å²) in [6.07, 6.45) is 7.04. The number of hydrogen-bond donors (Lipinski definition) is 3. The Morgan fingerprint density at radius 1 is 0.582 bits per heavy atom. The molecule has 7 rings (SSSR count). The van der Waals surface area contributed by atoms with Gasteiger partial charge in [-0.05, 0) is 102 Å². The van der Waals surface area contributed by atoms with Crippen molar-refractivity contribution >= 4 is 21.6 Å². The van der Waals surface area contributed by atoms with Crippen LogP contribution >= 0.6 is 11.8 Å². The van der Waals surface area contributed by atoms with Gasteiger partial charge in [0.1, 0.15) is 0 Å². The van der Waals surface area contributed by atoms with E-state index in [0.29, 0.717) is 24.2 Å². The van der Waals surface area contributed by atoms with Gasteiger partial charge in [-0.2, -0.15) is 9.36 Å². The molecule has 7 aromatic rings. The molecule has 0 radical (unpaired) electrons. The van der Waals surface area contributed by atoms with E-state index in [1.54, 1.807) is 65.2 Å². The third-order valence-corrected chi connectivity index (χ3v) is 9.40. The predicted octanol–water partition coefficient (Wildman–Crippen LogP) is 3.23. The molecule has 5 N–H and O–H groups in total. The Morgan fingerprint density at radius 3 is 1.55 bits per heavy atom. The smallest absolute Gasteiger partial charge is 0.272 e. The standard InChI is InChI=1S/C14H13N5O2S.C14H13N5S.C7H9NO.2CH5N/c20-22(21,11-9-12-6-4-5-10-15-12)14-16-17-18-19(14)13-7-2-1-3-8-13;1-2-7-13(8-3-1)19-14(16-17-18-19)20-11-9-12-6-4-5-10-15-12;9-6-4-7-3-1-2-5-8-7;2*1-2/h1-8,10H,9,11H2;1-8,10H,9,11H2;1-3,5,9H,4,6H2;2*2H2,1H3. The molecule has 0 aliphatic rings. The number of aliphatic hydroxyl groups is 1. The average molecular weight is 784 g/mol. The fourth-order valence-corrected chi connectivity index (χ4v) is 6.51. The van der Waals surface area contributed by atoms with Crippen molar-refractivity contribution in [3.05, 3.63) is 151 Å².